The van der Waals surface area contributed by atoms with E-state index in [1.165, 1.54) is 24.3 Å². The number of nitrogens with zero attached hydrogens (tertiary/aromatic N) is 3. The van der Waals surface area contributed by atoms with E-state index in [9.17, 15) is 8.78 Å². The lowest BCUT2D eigenvalue weighted by atomic mass is 9.95. The fraction of sp³-hybridized carbons (Fsp3) is 0.190. The number of rotatable bonds is 4. The van der Waals surface area contributed by atoms with Gasteiger partial charge in [0.15, 0.2) is 5.11 Å². The quantitative estimate of drug-likeness (QED) is 0.627. The average Bonchev–Trinajstić information content (AvgIpc) is 3.18. The minimum absolute atomic E-state index is 0.286. The molecule has 4 rings (SSSR count). The number of allylic oxidation sites excluding steroid dienone is 1. The predicted molar refractivity (Wildman–Crippen MR) is 110 cm³/mol. The van der Waals surface area contributed by atoms with Crippen molar-refractivity contribution in [1.82, 2.24) is 20.4 Å². The summed E-state index contributed by atoms with van der Waals surface area (Å²) in [4.78, 5) is 6.42. The fourth-order valence-corrected chi connectivity index (χ4v) is 3.81. The molecule has 0 saturated carbocycles. The largest absolute Gasteiger partial charge is 0.351 e. The third-order valence-corrected chi connectivity index (χ3v) is 5.19. The van der Waals surface area contributed by atoms with Crippen LogP contribution in [-0.2, 0) is 0 Å². The minimum Gasteiger partial charge on any atom is -0.351 e. The summed E-state index contributed by atoms with van der Waals surface area (Å²) < 4.78 is 32.6. The lowest BCUT2D eigenvalue weighted by Gasteiger charge is -2.36. The van der Waals surface area contributed by atoms with Gasteiger partial charge in [0.05, 0.1) is 11.6 Å². The van der Waals surface area contributed by atoms with Gasteiger partial charge in [0, 0.05) is 17.8 Å². The number of thiocarbonyl (C=S) groups is 1. The van der Waals surface area contributed by atoms with Gasteiger partial charge in [-0.2, -0.15) is 4.98 Å². The van der Waals surface area contributed by atoms with Crippen molar-refractivity contribution in [3.63, 3.8) is 0 Å². The molecule has 2 aromatic carbocycles. The van der Waals surface area contributed by atoms with E-state index in [2.05, 4.69) is 15.5 Å². The smallest absolute Gasteiger partial charge is 0.258 e. The highest BCUT2D eigenvalue weighted by Crippen LogP contribution is 2.37. The Morgan fingerprint density at radius 2 is 1.90 bits per heavy atom. The van der Waals surface area contributed by atoms with Crippen molar-refractivity contribution in [3.8, 4) is 11.4 Å². The zero-order chi connectivity index (χ0) is 20.5. The van der Waals surface area contributed by atoms with Crippen molar-refractivity contribution in [2.24, 2.45) is 0 Å². The first-order valence-electron chi connectivity index (χ1n) is 9.12. The van der Waals surface area contributed by atoms with Gasteiger partial charge < -0.3 is 14.7 Å². The van der Waals surface area contributed by atoms with Gasteiger partial charge in [0.2, 0.25) is 5.82 Å². The van der Waals surface area contributed by atoms with Crippen LogP contribution in [-0.4, -0.2) is 26.7 Å². The van der Waals surface area contributed by atoms with Crippen LogP contribution in [0.25, 0.3) is 17.0 Å². The van der Waals surface area contributed by atoms with Gasteiger partial charge in [-0.15, -0.1) is 0 Å². The zero-order valence-electron chi connectivity index (χ0n) is 15.8. The van der Waals surface area contributed by atoms with E-state index in [0.29, 0.717) is 23.1 Å². The van der Waals surface area contributed by atoms with Crippen LogP contribution in [0.4, 0.5) is 8.78 Å². The van der Waals surface area contributed by atoms with Gasteiger partial charge in [-0.05, 0) is 55.9 Å². The molecule has 0 radical (unpaired) electrons. The van der Waals surface area contributed by atoms with Crippen LogP contribution in [0.3, 0.4) is 0 Å². The Balaban J connectivity index is 1.81. The average molecular weight is 412 g/mol. The first-order chi connectivity index (χ1) is 14.0. The van der Waals surface area contributed by atoms with E-state index >= 15 is 0 Å². The van der Waals surface area contributed by atoms with Crippen molar-refractivity contribution in [3.05, 3.63) is 77.3 Å². The molecule has 0 aliphatic carbocycles. The molecule has 1 atom stereocenters. The molecule has 148 valence electrons. The Morgan fingerprint density at radius 1 is 1.14 bits per heavy atom. The van der Waals surface area contributed by atoms with E-state index in [-0.39, 0.29) is 23.5 Å². The molecule has 1 N–H and O–H groups in total. The molecular formula is C21H18F2N4OS. The minimum atomic E-state index is -0.383. The van der Waals surface area contributed by atoms with Crippen LogP contribution in [0.1, 0.15) is 31.3 Å². The molecule has 3 aromatic rings. The summed E-state index contributed by atoms with van der Waals surface area (Å²) in [5.74, 6) is -0.121. The van der Waals surface area contributed by atoms with Crippen LogP contribution in [0, 0.1) is 11.6 Å². The molecule has 0 spiro atoms. The molecule has 0 amide bonds. The second-order valence-electron chi connectivity index (χ2n) is 6.61. The van der Waals surface area contributed by atoms with Crippen LogP contribution in [0.2, 0.25) is 0 Å². The summed E-state index contributed by atoms with van der Waals surface area (Å²) in [6.45, 7) is 4.57. The normalized spacial score (nSPS) is 16.9. The summed E-state index contributed by atoms with van der Waals surface area (Å²) in [5, 5.41) is 7.87. The van der Waals surface area contributed by atoms with E-state index in [0.717, 1.165) is 16.8 Å². The maximum absolute atomic E-state index is 13.6. The van der Waals surface area contributed by atoms with E-state index in [1.807, 2.05) is 18.7 Å². The summed E-state index contributed by atoms with van der Waals surface area (Å²) >= 11 is 5.50. The van der Waals surface area contributed by atoms with Crippen LogP contribution < -0.4 is 5.32 Å². The number of halogens is 2. The highest BCUT2D eigenvalue weighted by atomic mass is 32.1. The maximum atomic E-state index is 13.6. The molecule has 2 heterocycles. The van der Waals surface area contributed by atoms with Crippen LogP contribution in [0.5, 0.6) is 0 Å². The Kier molecular flexibility index (Phi) is 5.10. The van der Waals surface area contributed by atoms with Gasteiger partial charge >= 0.3 is 0 Å². The SMILES string of the molecule is CCN1C(=S)NC(c2ccc(F)cc2)C(c2nc(-c3cccc(F)c3)no2)=C1C. The maximum Gasteiger partial charge on any atom is 0.258 e. The molecule has 1 aliphatic rings. The van der Waals surface area contributed by atoms with Gasteiger partial charge in [-0.3, -0.25) is 0 Å². The Labute approximate surface area is 172 Å². The zero-order valence-corrected chi connectivity index (χ0v) is 16.6. The summed E-state index contributed by atoms with van der Waals surface area (Å²) in [6, 6.07) is 11.8. The molecule has 1 unspecified atom stereocenters. The molecule has 0 bridgehead atoms. The van der Waals surface area contributed by atoms with Crippen molar-refractivity contribution >= 4 is 22.9 Å². The first-order valence-corrected chi connectivity index (χ1v) is 9.53. The van der Waals surface area contributed by atoms with Crippen LogP contribution >= 0.6 is 12.2 Å². The van der Waals surface area contributed by atoms with Gasteiger partial charge in [-0.1, -0.05) is 29.4 Å². The second kappa shape index (κ2) is 7.71. The highest BCUT2D eigenvalue weighted by Gasteiger charge is 2.33. The standard InChI is InChI=1S/C21H18F2N4OS/c1-3-27-12(2)17(18(24-21(27)29)13-7-9-15(22)10-8-13)20-25-19(26-28-20)14-5-4-6-16(23)11-14/h4-11,18H,3H2,1-2H3,(H,24,29). The Morgan fingerprint density at radius 3 is 2.59 bits per heavy atom. The summed E-state index contributed by atoms with van der Waals surface area (Å²) in [7, 11) is 0. The van der Waals surface area contributed by atoms with Crippen LogP contribution in [0.15, 0.2) is 58.8 Å². The van der Waals surface area contributed by atoms with E-state index < -0.39 is 0 Å². The van der Waals surface area contributed by atoms with Crippen molar-refractivity contribution in [1.29, 1.82) is 0 Å². The molecule has 0 saturated heterocycles. The monoisotopic (exact) mass is 412 g/mol. The molecule has 5 nitrogen and oxygen atoms in total. The number of hydrogen-bond acceptors (Lipinski definition) is 4. The molecule has 8 heteroatoms. The number of aromatic nitrogens is 2. The first kappa shape index (κ1) is 19.2. The molecule has 0 fully saturated rings. The third-order valence-electron chi connectivity index (χ3n) is 4.86. The lowest BCUT2D eigenvalue weighted by molar-refractivity contribution is 0.398. The van der Waals surface area contributed by atoms with E-state index in [4.69, 9.17) is 16.7 Å². The summed E-state index contributed by atoms with van der Waals surface area (Å²) in [6.07, 6.45) is 0. The Bertz CT molecular complexity index is 1090. The predicted octanol–water partition coefficient (Wildman–Crippen LogP) is 4.70. The van der Waals surface area contributed by atoms with E-state index in [1.54, 1.807) is 24.3 Å². The van der Waals surface area contributed by atoms with Crippen molar-refractivity contribution < 1.29 is 13.3 Å². The number of benzene rings is 2. The third kappa shape index (κ3) is 3.63. The number of hydrogen-bond donors (Lipinski definition) is 1. The van der Waals surface area contributed by atoms with Gasteiger partial charge in [0.25, 0.3) is 5.89 Å². The topological polar surface area (TPSA) is 54.2 Å². The van der Waals surface area contributed by atoms with Crippen molar-refractivity contribution in [2.75, 3.05) is 6.54 Å². The lowest BCUT2D eigenvalue weighted by Crippen LogP contribution is -2.45. The highest BCUT2D eigenvalue weighted by molar-refractivity contribution is 7.80. The Hall–Kier alpha value is -3.13. The fourth-order valence-electron chi connectivity index (χ4n) is 3.42. The van der Waals surface area contributed by atoms with Crippen molar-refractivity contribution in [2.45, 2.75) is 19.9 Å². The molecule has 1 aromatic heterocycles. The second-order valence-corrected chi connectivity index (χ2v) is 7.00. The summed E-state index contributed by atoms with van der Waals surface area (Å²) in [5.41, 5.74) is 2.93. The molecular weight excluding hydrogens is 394 g/mol. The van der Waals surface area contributed by atoms with Gasteiger partial charge in [-0.25, -0.2) is 8.78 Å². The van der Waals surface area contributed by atoms with Gasteiger partial charge in [0.1, 0.15) is 11.6 Å². The molecule has 29 heavy (non-hydrogen) atoms. The number of nitrogens with one attached hydrogen (secondary N) is 1. The molecule has 1 aliphatic heterocycles.